The molecule has 0 bridgehead atoms. The average molecular weight is 357 g/mol. The molecule has 0 saturated heterocycles. The van der Waals surface area contributed by atoms with Gasteiger partial charge in [-0.2, -0.15) is 5.10 Å². The maximum Gasteiger partial charge on any atom is 0.273 e. The summed E-state index contributed by atoms with van der Waals surface area (Å²) in [6.07, 6.45) is 0. The van der Waals surface area contributed by atoms with Crippen LogP contribution in [-0.4, -0.2) is 23.2 Å². The first-order valence-corrected chi connectivity index (χ1v) is 8.69. The van der Waals surface area contributed by atoms with E-state index in [2.05, 4.69) is 15.5 Å². The van der Waals surface area contributed by atoms with Crippen LogP contribution in [0.5, 0.6) is 5.75 Å². The zero-order valence-corrected chi connectivity index (χ0v) is 14.8. The highest BCUT2D eigenvalue weighted by atomic mass is 16.5. The number of nitrogens with zero attached hydrogens (tertiary/aromatic N) is 1. The summed E-state index contributed by atoms with van der Waals surface area (Å²) in [7, 11) is 1.63. The molecule has 0 spiro atoms. The molecule has 4 rings (SSSR count). The van der Waals surface area contributed by atoms with E-state index in [0.717, 1.165) is 27.8 Å². The second-order valence-corrected chi connectivity index (χ2v) is 6.21. The van der Waals surface area contributed by atoms with Crippen LogP contribution in [0.1, 0.15) is 27.7 Å². The number of H-pyrrole nitrogens is 1. The minimum Gasteiger partial charge on any atom is -0.497 e. The number of para-hydroxylation sites is 1. The third-order valence-electron chi connectivity index (χ3n) is 4.54. The van der Waals surface area contributed by atoms with Gasteiger partial charge in [-0.1, -0.05) is 60.7 Å². The molecule has 4 aromatic rings. The Kier molecular flexibility index (Phi) is 4.58. The number of hydrogen-bond donors (Lipinski definition) is 2. The van der Waals surface area contributed by atoms with Gasteiger partial charge in [-0.05, 0) is 29.3 Å². The third-order valence-corrected chi connectivity index (χ3v) is 4.54. The van der Waals surface area contributed by atoms with Gasteiger partial charge < -0.3 is 10.1 Å². The van der Waals surface area contributed by atoms with Gasteiger partial charge in [0.1, 0.15) is 5.75 Å². The van der Waals surface area contributed by atoms with E-state index < -0.39 is 0 Å². The minimum absolute atomic E-state index is 0.225. The number of rotatable bonds is 5. The van der Waals surface area contributed by atoms with Crippen molar-refractivity contribution in [2.75, 3.05) is 7.11 Å². The van der Waals surface area contributed by atoms with E-state index in [1.807, 2.05) is 78.9 Å². The van der Waals surface area contributed by atoms with Crippen molar-refractivity contribution in [3.8, 4) is 5.75 Å². The molecule has 1 heterocycles. The summed E-state index contributed by atoms with van der Waals surface area (Å²) in [6, 6.07) is 24.9. The van der Waals surface area contributed by atoms with E-state index >= 15 is 0 Å². The monoisotopic (exact) mass is 357 g/mol. The van der Waals surface area contributed by atoms with Crippen LogP contribution in [0.4, 0.5) is 0 Å². The second kappa shape index (κ2) is 7.33. The van der Waals surface area contributed by atoms with Gasteiger partial charge in [0.25, 0.3) is 5.91 Å². The zero-order valence-electron chi connectivity index (χ0n) is 14.8. The third kappa shape index (κ3) is 3.40. The van der Waals surface area contributed by atoms with Gasteiger partial charge in [0.15, 0.2) is 5.69 Å². The molecule has 134 valence electrons. The SMILES string of the molecule is COc1ccc(C(NC(=O)c2n[nH]c3ccccc23)c2ccccc2)cc1. The summed E-state index contributed by atoms with van der Waals surface area (Å²) < 4.78 is 5.24. The standard InChI is InChI=1S/C22H19N3O2/c1-27-17-13-11-16(12-14-17)20(15-7-3-2-4-8-15)23-22(26)21-18-9-5-6-10-19(18)24-25-21/h2-14,20H,1H3,(H,23,26)(H,24,25). The van der Waals surface area contributed by atoms with E-state index in [0.29, 0.717) is 5.69 Å². The van der Waals surface area contributed by atoms with Crippen LogP contribution in [0.3, 0.4) is 0 Å². The van der Waals surface area contributed by atoms with Gasteiger partial charge in [0.05, 0.1) is 18.7 Å². The quantitative estimate of drug-likeness (QED) is 0.565. The van der Waals surface area contributed by atoms with Crippen LogP contribution in [0, 0.1) is 0 Å². The molecule has 5 nitrogen and oxygen atoms in total. The largest absolute Gasteiger partial charge is 0.497 e. The smallest absolute Gasteiger partial charge is 0.273 e. The predicted octanol–water partition coefficient (Wildman–Crippen LogP) is 4.09. The molecule has 1 atom stereocenters. The molecule has 27 heavy (non-hydrogen) atoms. The molecule has 0 aliphatic heterocycles. The Morgan fingerprint density at radius 3 is 2.33 bits per heavy atom. The number of hydrogen-bond acceptors (Lipinski definition) is 3. The second-order valence-electron chi connectivity index (χ2n) is 6.21. The highest BCUT2D eigenvalue weighted by molar-refractivity contribution is 6.04. The van der Waals surface area contributed by atoms with Crippen molar-refractivity contribution in [1.29, 1.82) is 0 Å². The lowest BCUT2D eigenvalue weighted by molar-refractivity contribution is 0.0939. The maximum atomic E-state index is 13.0. The maximum absolute atomic E-state index is 13.0. The molecule has 1 unspecified atom stereocenters. The molecule has 0 aliphatic rings. The first-order chi connectivity index (χ1) is 13.3. The number of aromatic amines is 1. The molecule has 0 saturated carbocycles. The molecule has 1 amide bonds. The van der Waals surface area contributed by atoms with Gasteiger partial charge >= 0.3 is 0 Å². The summed E-state index contributed by atoms with van der Waals surface area (Å²) in [5.74, 6) is 0.548. The number of methoxy groups -OCH3 is 1. The molecule has 0 aliphatic carbocycles. The molecule has 3 aromatic carbocycles. The average Bonchev–Trinajstić information content (AvgIpc) is 3.17. The summed E-state index contributed by atoms with van der Waals surface area (Å²) in [5.41, 5.74) is 3.19. The van der Waals surface area contributed by atoms with E-state index in [1.165, 1.54) is 0 Å². The Morgan fingerprint density at radius 1 is 0.926 bits per heavy atom. The molecule has 0 radical (unpaired) electrons. The number of carbonyl (C=O) groups excluding carboxylic acids is 1. The molecular formula is C22H19N3O2. The molecular weight excluding hydrogens is 338 g/mol. The highest BCUT2D eigenvalue weighted by Gasteiger charge is 2.21. The lowest BCUT2D eigenvalue weighted by Gasteiger charge is -2.20. The number of ether oxygens (including phenoxy) is 1. The van der Waals surface area contributed by atoms with Gasteiger partial charge in [0, 0.05) is 5.39 Å². The summed E-state index contributed by atoms with van der Waals surface area (Å²) in [5, 5.41) is 11.0. The zero-order chi connectivity index (χ0) is 18.6. The fourth-order valence-electron chi connectivity index (χ4n) is 3.14. The van der Waals surface area contributed by atoms with Gasteiger partial charge in [-0.25, -0.2) is 0 Å². The van der Waals surface area contributed by atoms with E-state index in [-0.39, 0.29) is 11.9 Å². The topological polar surface area (TPSA) is 67.0 Å². The van der Waals surface area contributed by atoms with Gasteiger partial charge in [-0.15, -0.1) is 0 Å². The Morgan fingerprint density at radius 2 is 1.59 bits per heavy atom. The van der Waals surface area contributed by atoms with Gasteiger partial charge in [-0.3, -0.25) is 9.89 Å². The van der Waals surface area contributed by atoms with Crippen LogP contribution in [0.25, 0.3) is 10.9 Å². The Balaban J connectivity index is 1.69. The minimum atomic E-state index is -0.292. The highest BCUT2D eigenvalue weighted by Crippen LogP contribution is 2.25. The van der Waals surface area contributed by atoms with Gasteiger partial charge in [0.2, 0.25) is 0 Å². The fourth-order valence-corrected chi connectivity index (χ4v) is 3.14. The Bertz CT molecular complexity index is 1060. The van der Waals surface area contributed by atoms with Crippen molar-refractivity contribution >= 4 is 16.8 Å². The number of carbonyl (C=O) groups is 1. The number of aromatic nitrogens is 2. The van der Waals surface area contributed by atoms with Crippen molar-refractivity contribution in [1.82, 2.24) is 15.5 Å². The van der Waals surface area contributed by atoms with Crippen molar-refractivity contribution in [2.45, 2.75) is 6.04 Å². The Hall–Kier alpha value is -3.60. The first-order valence-electron chi connectivity index (χ1n) is 8.69. The normalized spacial score (nSPS) is 11.9. The molecule has 2 N–H and O–H groups in total. The van der Waals surface area contributed by atoms with Crippen molar-refractivity contribution < 1.29 is 9.53 Å². The molecule has 1 aromatic heterocycles. The lowest BCUT2D eigenvalue weighted by Crippen LogP contribution is -2.29. The molecule has 5 heteroatoms. The van der Waals surface area contributed by atoms with Crippen LogP contribution >= 0.6 is 0 Å². The van der Waals surface area contributed by atoms with Crippen LogP contribution in [0.2, 0.25) is 0 Å². The first kappa shape index (κ1) is 16.8. The lowest BCUT2D eigenvalue weighted by atomic mass is 9.98. The number of benzene rings is 3. The predicted molar refractivity (Wildman–Crippen MR) is 105 cm³/mol. The van der Waals surface area contributed by atoms with Crippen LogP contribution in [-0.2, 0) is 0 Å². The Labute approximate surface area is 157 Å². The van der Waals surface area contributed by atoms with Crippen LogP contribution in [0.15, 0.2) is 78.9 Å². The van der Waals surface area contributed by atoms with Crippen molar-refractivity contribution in [2.24, 2.45) is 0 Å². The summed E-state index contributed by atoms with van der Waals surface area (Å²) in [4.78, 5) is 13.0. The van der Waals surface area contributed by atoms with Crippen molar-refractivity contribution in [3.05, 3.63) is 95.7 Å². The summed E-state index contributed by atoms with van der Waals surface area (Å²) >= 11 is 0. The summed E-state index contributed by atoms with van der Waals surface area (Å²) in [6.45, 7) is 0. The van der Waals surface area contributed by atoms with Crippen LogP contribution < -0.4 is 10.1 Å². The number of nitrogens with one attached hydrogen (secondary N) is 2. The van der Waals surface area contributed by atoms with E-state index in [9.17, 15) is 4.79 Å². The molecule has 0 fully saturated rings. The number of amides is 1. The van der Waals surface area contributed by atoms with E-state index in [1.54, 1.807) is 7.11 Å². The number of fused-ring (bicyclic) bond motifs is 1. The fraction of sp³-hybridized carbons (Fsp3) is 0.0909. The van der Waals surface area contributed by atoms with Crippen molar-refractivity contribution in [3.63, 3.8) is 0 Å². The van der Waals surface area contributed by atoms with E-state index in [4.69, 9.17) is 4.74 Å².